The minimum atomic E-state index is -1.33. The van der Waals surface area contributed by atoms with Crippen molar-refractivity contribution in [3.8, 4) is 0 Å². The third kappa shape index (κ3) is 9.32. The van der Waals surface area contributed by atoms with Crippen molar-refractivity contribution in [3.63, 3.8) is 0 Å². The number of amides is 7. The second-order valence-corrected chi connectivity index (χ2v) is 11.9. The van der Waals surface area contributed by atoms with Gasteiger partial charge in [0.25, 0.3) is 41.4 Å². The van der Waals surface area contributed by atoms with E-state index < -0.39 is 96.3 Å². The summed E-state index contributed by atoms with van der Waals surface area (Å²) in [7, 11) is 0. The van der Waals surface area contributed by atoms with Crippen LogP contribution in [0.2, 0.25) is 0 Å². The molecule has 264 valence electrons. The average Bonchev–Trinajstić information content (AvgIpc) is 3.77. The Morgan fingerprint density at radius 1 is 0.429 bits per heavy atom. The molecule has 4 fully saturated rings. The maximum Gasteiger partial charge on any atom is 0.333 e. The molecule has 0 spiro atoms. The summed E-state index contributed by atoms with van der Waals surface area (Å²) in [6, 6.07) is 0. The van der Waals surface area contributed by atoms with Crippen molar-refractivity contribution in [1.29, 1.82) is 0 Å². The van der Waals surface area contributed by atoms with Crippen molar-refractivity contribution in [2.75, 3.05) is 0 Å². The van der Waals surface area contributed by atoms with Gasteiger partial charge in [0.1, 0.15) is 0 Å². The molecule has 0 saturated carbocycles. The Morgan fingerprint density at radius 2 is 0.653 bits per heavy atom. The molecule has 0 atom stereocenters. The molecule has 0 bridgehead atoms. The third-order valence-corrected chi connectivity index (χ3v) is 8.37. The molecule has 4 heterocycles. The van der Waals surface area contributed by atoms with Gasteiger partial charge >= 0.3 is 23.9 Å². The van der Waals surface area contributed by atoms with Crippen molar-refractivity contribution in [3.05, 3.63) is 12.3 Å². The first kappa shape index (κ1) is 36.3. The smallest absolute Gasteiger partial charge is 0.333 e. The lowest BCUT2D eigenvalue weighted by Crippen LogP contribution is -2.35. The number of allylic oxidation sites excluding steroid dienone is 1. The van der Waals surface area contributed by atoms with E-state index in [1.807, 2.05) is 0 Å². The first-order valence-electron chi connectivity index (χ1n) is 15.6. The zero-order valence-electron chi connectivity index (χ0n) is 26.4. The SMILES string of the molecule is C=C1CCC(=O)N1OC(=O)CCC(CCC(=O)ON1C(=O)CCC1=O)(CCC(=O)ON1C(=O)CCC1=O)CCC(=O)ON1C(=O)CCC1=O. The van der Waals surface area contributed by atoms with E-state index in [1.165, 1.54) is 0 Å². The van der Waals surface area contributed by atoms with Crippen LogP contribution in [0.4, 0.5) is 0 Å². The molecule has 0 aromatic carbocycles. The molecule has 4 rings (SSSR count). The highest BCUT2D eigenvalue weighted by Crippen LogP contribution is 2.41. The highest BCUT2D eigenvalue weighted by molar-refractivity contribution is 6.02. The van der Waals surface area contributed by atoms with E-state index in [9.17, 15) is 52.7 Å². The summed E-state index contributed by atoms with van der Waals surface area (Å²) in [6.45, 7) is 3.67. The van der Waals surface area contributed by atoms with E-state index in [0.29, 0.717) is 15.2 Å². The number of carbonyl (C=O) groups is 11. The predicted octanol–water partition coefficient (Wildman–Crippen LogP) is 0.510. The molecule has 0 aromatic rings. The van der Waals surface area contributed by atoms with Crippen LogP contribution in [-0.2, 0) is 72.1 Å². The molecule has 0 unspecified atom stereocenters. The Morgan fingerprint density at radius 3 is 0.898 bits per heavy atom. The minimum absolute atomic E-state index is 0.0778. The molecule has 49 heavy (non-hydrogen) atoms. The van der Waals surface area contributed by atoms with Crippen LogP contribution in [0.15, 0.2) is 12.3 Å². The predicted molar refractivity (Wildman–Crippen MR) is 152 cm³/mol. The highest BCUT2D eigenvalue weighted by atomic mass is 16.7. The van der Waals surface area contributed by atoms with Crippen molar-refractivity contribution in [2.24, 2.45) is 5.41 Å². The number of hydrogen-bond acceptors (Lipinski definition) is 15. The molecular weight excluding hydrogens is 656 g/mol. The standard InChI is InChI=1S/C30H34N4O15/c1-18-2-3-19(35)31(18)46-26(42)10-14-30(15-11-27(43)47-32-20(36)4-5-21(32)37,16-12-28(44)48-33-22(38)6-7-23(33)39)17-13-29(45)49-34-24(40)8-9-25(34)41/h1-17H2. The quantitative estimate of drug-likeness (QED) is 0.201. The van der Waals surface area contributed by atoms with E-state index in [4.69, 9.17) is 19.4 Å². The van der Waals surface area contributed by atoms with Crippen LogP contribution in [0.5, 0.6) is 0 Å². The molecule has 0 radical (unpaired) electrons. The minimum Gasteiger partial charge on any atom is -0.334 e. The van der Waals surface area contributed by atoms with Gasteiger partial charge < -0.3 is 19.4 Å². The fourth-order valence-corrected chi connectivity index (χ4v) is 5.53. The molecule has 7 amide bonds. The fraction of sp³-hybridized carbons (Fsp3) is 0.567. The second kappa shape index (κ2) is 15.6. The summed E-state index contributed by atoms with van der Waals surface area (Å²) in [4.78, 5) is 155. The number of imide groups is 3. The summed E-state index contributed by atoms with van der Waals surface area (Å²) in [5.74, 6) is -8.85. The fourth-order valence-electron chi connectivity index (χ4n) is 5.53. The van der Waals surface area contributed by atoms with Crippen molar-refractivity contribution < 1.29 is 72.1 Å². The van der Waals surface area contributed by atoms with E-state index in [1.54, 1.807) is 0 Å². The van der Waals surface area contributed by atoms with Crippen LogP contribution < -0.4 is 0 Å². The normalized spacial score (nSPS) is 18.3. The van der Waals surface area contributed by atoms with Crippen molar-refractivity contribution in [1.82, 2.24) is 20.3 Å². The van der Waals surface area contributed by atoms with Gasteiger partial charge in [-0.15, -0.1) is 20.3 Å². The van der Waals surface area contributed by atoms with Gasteiger partial charge in [-0.3, -0.25) is 33.6 Å². The molecule has 0 aliphatic carbocycles. The summed E-state index contributed by atoms with van der Waals surface area (Å²) in [5, 5.41) is 1.77. The van der Waals surface area contributed by atoms with Gasteiger partial charge in [-0.05, 0) is 37.5 Å². The Balaban J connectivity index is 1.52. The maximum atomic E-state index is 12.9. The molecule has 4 aliphatic rings. The maximum absolute atomic E-state index is 12.9. The van der Waals surface area contributed by atoms with Gasteiger partial charge in [-0.2, -0.15) is 0 Å². The number of rotatable bonds is 16. The monoisotopic (exact) mass is 690 g/mol. The first-order valence-corrected chi connectivity index (χ1v) is 15.6. The number of nitrogens with zero attached hydrogens (tertiary/aromatic N) is 4. The Kier molecular flexibility index (Phi) is 11.6. The van der Waals surface area contributed by atoms with Gasteiger partial charge in [0.2, 0.25) is 0 Å². The topological polar surface area (TPSA) is 238 Å². The summed E-state index contributed by atoms with van der Waals surface area (Å²) in [5.41, 5.74) is -1.08. The van der Waals surface area contributed by atoms with Crippen LogP contribution in [0.25, 0.3) is 0 Å². The van der Waals surface area contributed by atoms with Gasteiger partial charge in [-0.25, -0.2) is 19.2 Å². The third-order valence-electron chi connectivity index (χ3n) is 8.37. The van der Waals surface area contributed by atoms with Gasteiger partial charge in [0, 0.05) is 70.6 Å². The molecule has 0 N–H and O–H groups in total. The second-order valence-electron chi connectivity index (χ2n) is 11.9. The summed E-state index contributed by atoms with van der Waals surface area (Å²) in [6.07, 6.45) is -3.37. The Labute approximate surface area is 278 Å². The van der Waals surface area contributed by atoms with Crippen LogP contribution in [-0.4, -0.2) is 85.5 Å². The first-order chi connectivity index (χ1) is 23.2. The van der Waals surface area contributed by atoms with Gasteiger partial charge in [0.15, 0.2) is 0 Å². The lowest BCUT2D eigenvalue weighted by atomic mass is 9.72. The molecule has 19 heteroatoms. The Bertz CT molecular complexity index is 1220. The van der Waals surface area contributed by atoms with Gasteiger partial charge in [-0.1, -0.05) is 6.58 Å². The largest absolute Gasteiger partial charge is 0.334 e. The summed E-state index contributed by atoms with van der Waals surface area (Å²) < 4.78 is 0. The highest BCUT2D eigenvalue weighted by Gasteiger charge is 2.39. The van der Waals surface area contributed by atoms with E-state index >= 15 is 0 Å². The molecule has 0 aromatic heterocycles. The van der Waals surface area contributed by atoms with E-state index in [-0.39, 0.29) is 82.7 Å². The molecule has 4 aliphatic heterocycles. The number of carbonyl (C=O) groups excluding carboxylic acids is 11. The number of hydroxylamine groups is 8. The molecule has 19 nitrogen and oxygen atoms in total. The lowest BCUT2D eigenvalue weighted by Gasteiger charge is -2.34. The van der Waals surface area contributed by atoms with E-state index in [0.717, 1.165) is 5.06 Å². The lowest BCUT2D eigenvalue weighted by molar-refractivity contribution is -0.199. The van der Waals surface area contributed by atoms with Gasteiger partial charge in [0.05, 0.1) is 5.70 Å². The molecule has 4 saturated heterocycles. The molecular formula is C30H34N4O15. The zero-order chi connectivity index (χ0) is 35.9. The average molecular weight is 691 g/mol. The number of hydrogen-bond donors (Lipinski definition) is 0. The summed E-state index contributed by atoms with van der Waals surface area (Å²) >= 11 is 0. The zero-order valence-corrected chi connectivity index (χ0v) is 26.4. The van der Waals surface area contributed by atoms with Crippen molar-refractivity contribution >= 4 is 65.2 Å². The van der Waals surface area contributed by atoms with Crippen LogP contribution >= 0.6 is 0 Å². The van der Waals surface area contributed by atoms with Crippen LogP contribution in [0, 0.1) is 5.41 Å². The Hall–Kier alpha value is -5.49. The van der Waals surface area contributed by atoms with Crippen molar-refractivity contribution in [2.45, 2.75) is 103 Å². The van der Waals surface area contributed by atoms with E-state index in [2.05, 4.69) is 6.58 Å². The van der Waals surface area contributed by atoms with Crippen LogP contribution in [0.3, 0.4) is 0 Å². The van der Waals surface area contributed by atoms with Crippen LogP contribution in [0.1, 0.15) is 103 Å².